The molecule has 1 heterocycles. The second-order valence-corrected chi connectivity index (χ2v) is 5.25. The summed E-state index contributed by atoms with van der Waals surface area (Å²) in [7, 11) is 0. The number of ether oxygens (including phenoxy) is 2. The number of nitro benzene ring substituents is 1. The van der Waals surface area contributed by atoms with Crippen LogP contribution < -0.4 is 9.47 Å². The number of nitro groups is 1. The van der Waals surface area contributed by atoms with Crippen molar-refractivity contribution in [2.24, 2.45) is 0 Å². The molecule has 0 radical (unpaired) electrons. The number of benzene rings is 2. The van der Waals surface area contributed by atoms with Gasteiger partial charge in [0.15, 0.2) is 11.5 Å². The van der Waals surface area contributed by atoms with Gasteiger partial charge < -0.3 is 13.9 Å². The van der Waals surface area contributed by atoms with Crippen LogP contribution in [0, 0.1) is 10.1 Å². The predicted molar refractivity (Wildman–Crippen MR) is 94.2 cm³/mol. The molecule has 0 atom stereocenters. The first-order valence-corrected chi connectivity index (χ1v) is 8.10. The molecule has 134 valence electrons. The van der Waals surface area contributed by atoms with Gasteiger partial charge >= 0.3 is 0 Å². The lowest BCUT2D eigenvalue weighted by Crippen LogP contribution is -1.98. The van der Waals surface area contributed by atoms with Crippen LogP contribution in [0.5, 0.6) is 11.5 Å². The van der Waals surface area contributed by atoms with Crippen LogP contribution >= 0.6 is 0 Å². The SMILES string of the molecule is CCOc1ccc(-c2nnc(-c3cccc([N+](=O)[O-])c3)o2)cc1OCC. The molecule has 0 saturated heterocycles. The molecule has 0 bridgehead atoms. The van der Waals surface area contributed by atoms with E-state index in [2.05, 4.69) is 10.2 Å². The van der Waals surface area contributed by atoms with Crippen LogP contribution in [0.2, 0.25) is 0 Å². The van der Waals surface area contributed by atoms with Gasteiger partial charge in [0, 0.05) is 23.3 Å². The summed E-state index contributed by atoms with van der Waals surface area (Å²) in [6.45, 7) is 4.80. The average Bonchev–Trinajstić information content (AvgIpc) is 3.14. The predicted octanol–water partition coefficient (Wildman–Crippen LogP) is 4.11. The Morgan fingerprint density at radius 2 is 1.62 bits per heavy atom. The van der Waals surface area contributed by atoms with E-state index in [1.807, 2.05) is 13.8 Å². The van der Waals surface area contributed by atoms with Crippen LogP contribution in [0.4, 0.5) is 5.69 Å². The Morgan fingerprint density at radius 1 is 0.962 bits per heavy atom. The molecule has 3 rings (SSSR count). The third kappa shape index (κ3) is 3.64. The van der Waals surface area contributed by atoms with E-state index < -0.39 is 4.92 Å². The molecule has 8 nitrogen and oxygen atoms in total. The first-order chi connectivity index (χ1) is 12.6. The van der Waals surface area contributed by atoms with Gasteiger partial charge in [0.05, 0.1) is 18.1 Å². The van der Waals surface area contributed by atoms with Crippen LogP contribution in [-0.4, -0.2) is 28.3 Å². The third-order valence-corrected chi connectivity index (χ3v) is 3.52. The molecule has 26 heavy (non-hydrogen) atoms. The maximum Gasteiger partial charge on any atom is 0.270 e. The van der Waals surface area contributed by atoms with Gasteiger partial charge in [-0.1, -0.05) is 6.07 Å². The fourth-order valence-corrected chi connectivity index (χ4v) is 2.39. The zero-order valence-electron chi connectivity index (χ0n) is 14.3. The summed E-state index contributed by atoms with van der Waals surface area (Å²) in [6.07, 6.45) is 0. The molecular weight excluding hydrogens is 338 g/mol. The van der Waals surface area contributed by atoms with Crippen molar-refractivity contribution < 1.29 is 18.8 Å². The molecule has 8 heteroatoms. The number of rotatable bonds is 7. The number of hydrogen-bond acceptors (Lipinski definition) is 7. The number of nitrogens with zero attached hydrogens (tertiary/aromatic N) is 3. The summed E-state index contributed by atoms with van der Waals surface area (Å²) < 4.78 is 16.8. The van der Waals surface area contributed by atoms with Crippen LogP contribution in [-0.2, 0) is 0 Å². The monoisotopic (exact) mass is 355 g/mol. The van der Waals surface area contributed by atoms with Crippen molar-refractivity contribution in [3.05, 3.63) is 52.6 Å². The highest BCUT2D eigenvalue weighted by Gasteiger charge is 2.15. The Hall–Kier alpha value is -3.42. The van der Waals surface area contributed by atoms with Crippen LogP contribution in [0.1, 0.15) is 13.8 Å². The molecule has 0 saturated carbocycles. The number of aromatic nitrogens is 2. The molecule has 3 aromatic rings. The van der Waals surface area contributed by atoms with E-state index in [0.29, 0.717) is 35.8 Å². The smallest absolute Gasteiger partial charge is 0.270 e. The fraction of sp³-hybridized carbons (Fsp3) is 0.222. The van der Waals surface area contributed by atoms with Gasteiger partial charge in [-0.2, -0.15) is 0 Å². The lowest BCUT2D eigenvalue weighted by Gasteiger charge is -2.11. The van der Waals surface area contributed by atoms with Crippen LogP contribution in [0.25, 0.3) is 22.9 Å². The van der Waals surface area contributed by atoms with Crippen LogP contribution in [0.3, 0.4) is 0 Å². The molecule has 0 fully saturated rings. The highest BCUT2D eigenvalue weighted by molar-refractivity contribution is 5.63. The van der Waals surface area contributed by atoms with Crippen molar-refractivity contribution in [3.63, 3.8) is 0 Å². The minimum absolute atomic E-state index is 0.0399. The Kier molecular flexibility index (Phi) is 5.12. The first kappa shape index (κ1) is 17.4. The van der Waals surface area contributed by atoms with E-state index in [1.54, 1.807) is 30.3 Å². The van der Waals surface area contributed by atoms with Gasteiger partial charge in [0.25, 0.3) is 5.69 Å². The van der Waals surface area contributed by atoms with Gasteiger partial charge in [-0.25, -0.2) is 0 Å². The zero-order chi connectivity index (χ0) is 18.5. The minimum Gasteiger partial charge on any atom is -0.490 e. The molecule has 0 amide bonds. The second kappa shape index (κ2) is 7.64. The fourth-order valence-electron chi connectivity index (χ4n) is 2.39. The Labute approximate surface area is 149 Å². The van der Waals surface area contributed by atoms with Gasteiger partial charge in [-0.05, 0) is 38.1 Å². The molecule has 0 aliphatic heterocycles. The van der Waals surface area contributed by atoms with E-state index in [0.717, 1.165) is 0 Å². The lowest BCUT2D eigenvalue weighted by atomic mass is 10.2. The minimum atomic E-state index is -0.471. The van der Waals surface area contributed by atoms with E-state index in [-0.39, 0.29) is 17.5 Å². The quantitative estimate of drug-likeness (QED) is 0.464. The molecule has 0 aliphatic rings. The molecule has 0 aliphatic carbocycles. The lowest BCUT2D eigenvalue weighted by molar-refractivity contribution is -0.384. The summed E-state index contributed by atoms with van der Waals surface area (Å²) in [5.41, 5.74) is 1.11. The van der Waals surface area contributed by atoms with E-state index in [1.165, 1.54) is 12.1 Å². The topological polar surface area (TPSA) is 101 Å². The van der Waals surface area contributed by atoms with Crippen molar-refractivity contribution in [1.82, 2.24) is 10.2 Å². The van der Waals surface area contributed by atoms with Crippen LogP contribution in [0.15, 0.2) is 46.9 Å². The van der Waals surface area contributed by atoms with Gasteiger partial charge in [-0.15, -0.1) is 10.2 Å². The normalized spacial score (nSPS) is 10.5. The average molecular weight is 355 g/mol. The summed E-state index contributed by atoms with van der Waals surface area (Å²) in [5.74, 6) is 1.71. The van der Waals surface area contributed by atoms with E-state index >= 15 is 0 Å². The largest absolute Gasteiger partial charge is 0.490 e. The summed E-state index contributed by atoms with van der Waals surface area (Å²) in [4.78, 5) is 10.4. The Balaban J connectivity index is 1.93. The van der Waals surface area contributed by atoms with E-state index in [9.17, 15) is 10.1 Å². The highest BCUT2D eigenvalue weighted by Crippen LogP contribution is 2.33. The van der Waals surface area contributed by atoms with Crippen molar-refractivity contribution in [3.8, 4) is 34.4 Å². The standard InChI is InChI=1S/C18H17N3O5/c1-3-24-15-9-8-13(11-16(15)25-4-2)18-20-19-17(26-18)12-6-5-7-14(10-12)21(22)23/h5-11H,3-4H2,1-2H3. The van der Waals surface area contributed by atoms with Gasteiger partial charge in [0.2, 0.25) is 11.8 Å². The summed E-state index contributed by atoms with van der Waals surface area (Å²) in [6, 6.07) is 11.4. The van der Waals surface area contributed by atoms with Gasteiger partial charge in [0.1, 0.15) is 0 Å². The second-order valence-electron chi connectivity index (χ2n) is 5.25. The van der Waals surface area contributed by atoms with Crippen molar-refractivity contribution >= 4 is 5.69 Å². The molecular formula is C18H17N3O5. The van der Waals surface area contributed by atoms with Crippen molar-refractivity contribution in [1.29, 1.82) is 0 Å². The third-order valence-electron chi connectivity index (χ3n) is 3.52. The van der Waals surface area contributed by atoms with Crippen molar-refractivity contribution in [2.75, 3.05) is 13.2 Å². The Morgan fingerprint density at radius 3 is 2.27 bits per heavy atom. The van der Waals surface area contributed by atoms with Gasteiger partial charge in [-0.3, -0.25) is 10.1 Å². The van der Waals surface area contributed by atoms with E-state index in [4.69, 9.17) is 13.9 Å². The number of non-ortho nitro benzene ring substituents is 1. The van der Waals surface area contributed by atoms with Crippen molar-refractivity contribution in [2.45, 2.75) is 13.8 Å². The molecule has 0 unspecified atom stereocenters. The summed E-state index contributed by atoms with van der Waals surface area (Å²) in [5, 5.41) is 18.9. The summed E-state index contributed by atoms with van der Waals surface area (Å²) >= 11 is 0. The maximum absolute atomic E-state index is 10.9. The molecule has 1 aromatic heterocycles. The molecule has 0 spiro atoms. The maximum atomic E-state index is 10.9. The zero-order valence-corrected chi connectivity index (χ0v) is 14.3. The molecule has 2 aromatic carbocycles. The highest BCUT2D eigenvalue weighted by atomic mass is 16.6. The Bertz CT molecular complexity index is 923. The first-order valence-electron chi connectivity index (χ1n) is 8.10. The molecule has 0 N–H and O–H groups in total. The number of hydrogen-bond donors (Lipinski definition) is 0.